The van der Waals surface area contributed by atoms with Crippen LogP contribution in [0, 0.1) is 0 Å². The van der Waals surface area contributed by atoms with Crippen LogP contribution in [-0.2, 0) is 0 Å². The van der Waals surface area contributed by atoms with Crippen molar-refractivity contribution in [2.24, 2.45) is 0 Å². The summed E-state index contributed by atoms with van der Waals surface area (Å²) in [6.07, 6.45) is 4.41. The van der Waals surface area contributed by atoms with E-state index in [-0.39, 0.29) is 17.3 Å². The van der Waals surface area contributed by atoms with Crippen molar-refractivity contribution in [1.82, 2.24) is 15.0 Å². The molecule has 0 unspecified atom stereocenters. The predicted molar refractivity (Wildman–Crippen MR) is 79.9 cm³/mol. The van der Waals surface area contributed by atoms with Gasteiger partial charge in [-0.25, -0.2) is 15.0 Å². The maximum absolute atomic E-state index is 12.1. The Kier molecular flexibility index (Phi) is 3.84. The summed E-state index contributed by atoms with van der Waals surface area (Å²) < 4.78 is 0. The van der Waals surface area contributed by atoms with Crippen LogP contribution in [0.15, 0.2) is 18.7 Å². The molecule has 0 atom stereocenters. The van der Waals surface area contributed by atoms with Crippen LogP contribution in [-0.4, -0.2) is 26.4 Å². The van der Waals surface area contributed by atoms with E-state index in [2.05, 4.69) is 25.6 Å². The fourth-order valence-electron chi connectivity index (χ4n) is 1.42. The second-order valence-electron chi connectivity index (χ2n) is 5.19. The predicted octanol–water partition coefficient (Wildman–Crippen LogP) is 1.98. The summed E-state index contributed by atoms with van der Waals surface area (Å²) in [5.74, 6) is -0.118. The van der Waals surface area contributed by atoms with Gasteiger partial charge in [0.15, 0.2) is 5.13 Å². The van der Waals surface area contributed by atoms with Crippen molar-refractivity contribution in [3.05, 3.63) is 23.6 Å². The SMILES string of the molecule is CC(C)(C)Nc1nc(N)c(C(=O)Nc2cncnc2)s1. The van der Waals surface area contributed by atoms with Gasteiger partial charge in [0, 0.05) is 5.54 Å². The van der Waals surface area contributed by atoms with E-state index in [1.807, 2.05) is 20.8 Å². The normalized spacial score (nSPS) is 11.2. The van der Waals surface area contributed by atoms with Crippen LogP contribution in [0.5, 0.6) is 0 Å². The molecule has 0 aliphatic rings. The lowest BCUT2D eigenvalue weighted by molar-refractivity contribution is 0.103. The number of carbonyl (C=O) groups is 1. The number of thiazole rings is 1. The van der Waals surface area contributed by atoms with Gasteiger partial charge in [0.1, 0.15) is 17.0 Å². The molecular weight excluding hydrogens is 276 g/mol. The quantitative estimate of drug-likeness (QED) is 0.798. The minimum atomic E-state index is -0.322. The molecule has 0 aromatic carbocycles. The number of nitrogens with one attached hydrogen (secondary N) is 2. The van der Waals surface area contributed by atoms with Gasteiger partial charge in [-0.05, 0) is 20.8 Å². The molecule has 2 aromatic rings. The Morgan fingerprint density at radius 3 is 2.55 bits per heavy atom. The second kappa shape index (κ2) is 5.41. The first kappa shape index (κ1) is 14.2. The fraction of sp³-hybridized carbons (Fsp3) is 0.333. The van der Waals surface area contributed by atoms with E-state index in [4.69, 9.17) is 5.73 Å². The minimum absolute atomic E-state index is 0.148. The van der Waals surface area contributed by atoms with E-state index in [0.717, 1.165) is 0 Å². The van der Waals surface area contributed by atoms with Crippen molar-refractivity contribution < 1.29 is 4.79 Å². The highest BCUT2D eigenvalue weighted by molar-refractivity contribution is 7.18. The van der Waals surface area contributed by atoms with Crippen LogP contribution in [0.1, 0.15) is 30.4 Å². The number of hydrogen-bond acceptors (Lipinski definition) is 7. The standard InChI is InChI=1S/C12H16N6OS/c1-12(2,3)18-11-17-9(13)8(20-11)10(19)16-7-4-14-6-15-5-7/h4-6H,13H2,1-3H3,(H,16,19)(H,17,18). The molecule has 20 heavy (non-hydrogen) atoms. The molecule has 2 heterocycles. The van der Waals surface area contributed by atoms with Crippen LogP contribution in [0.2, 0.25) is 0 Å². The zero-order chi connectivity index (χ0) is 14.8. The van der Waals surface area contributed by atoms with E-state index in [1.165, 1.54) is 30.1 Å². The lowest BCUT2D eigenvalue weighted by Gasteiger charge is -2.19. The van der Waals surface area contributed by atoms with Gasteiger partial charge < -0.3 is 16.4 Å². The van der Waals surface area contributed by atoms with Crippen LogP contribution >= 0.6 is 11.3 Å². The van der Waals surface area contributed by atoms with Crippen LogP contribution in [0.25, 0.3) is 0 Å². The third-order valence-corrected chi connectivity index (χ3v) is 3.15. The minimum Gasteiger partial charge on any atom is -0.382 e. The highest BCUT2D eigenvalue weighted by Crippen LogP contribution is 2.27. The Bertz CT molecular complexity index is 604. The number of amides is 1. The summed E-state index contributed by atoms with van der Waals surface area (Å²) in [5.41, 5.74) is 6.14. The van der Waals surface area contributed by atoms with Gasteiger partial charge in [0.2, 0.25) is 0 Å². The Morgan fingerprint density at radius 1 is 1.30 bits per heavy atom. The smallest absolute Gasteiger partial charge is 0.269 e. The third kappa shape index (κ3) is 3.64. The molecule has 0 aliphatic heterocycles. The molecule has 8 heteroatoms. The molecule has 2 aromatic heterocycles. The maximum Gasteiger partial charge on any atom is 0.269 e. The number of carbonyl (C=O) groups excluding carboxylic acids is 1. The number of anilines is 3. The highest BCUT2D eigenvalue weighted by Gasteiger charge is 2.19. The second-order valence-corrected chi connectivity index (χ2v) is 6.19. The fourth-order valence-corrected chi connectivity index (χ4v) is 2.41. The van der Waals surface area contributed by atoms with E-state index in [1.54, 1.807) is 0 Å². The lowest BCUT2D eigenvalue weighted by atomic mass is 10.1. The van der Waals surface area contributed by atoms with Crippen molar-refractivity contribution in [1.29, 1.82) is 0 Å². The molecule has 0 saturated heterocycles. The Hall–Kier alpha value is -2.22. The van der Waals surface area contributed by atoms with Gasteiger partial charge in [-0.3, -0.25) is 4.79 Å². The lowest BCUT2D eigenvalue weighted by Crippen LogP contribution is -2.25. The maximum atomic E-state index is 12.1. The van der Waals surface area contributed by atoms with Gasteiger partial charge in [0.25, 0.3) is 5.91 Å². The summed E-state index contributed by atoms with van der Waals surface area (Å²) in [6.45, 7) is 6.02. The number of nitrogen functional groups attached to an aromatic ring is 1. The van der Waals surface area contributed by atoms with Crippen molar-refractivity contribution >= 4 is 33.9 Å². The van der Waals surface area contributed by atoms with E-state index < -0.39 is 0 Å². The Balaban J connectivity index is 2.14. The number of rotatable bonds is 3. The van der Waals surface area contributed by atoms with Gasteiger partial charge >= 0.3 is 0 Å². The molecule has 106 valence electrons. The van der Waals surface area contributed by atoms with Crippen molar-refractivity contribution in [2.45, 2.75) is 26.3 Å². The first-order valence-corrected chi connectivity index (χ1v) is 6.77. The zero-order valence-electron chi connectivity index (χ0n) is 11.5. The number of nitrogens with zero attached hydrogens (tertiary/aromatic N) is 3. The molecule has 0 fully saturated rings. The summed E-state index contributed by atoms with van der Waals surface area (Å²) >= 11 is 1.21. The largest absolute Gasteiger partial charge is 0.382 e. The molecule has 4 N–H and O–H groups in total. The molecule has 1 amide bonds. The Morgan fingerprint density at radius 2 is 1.95 bits per heavy atom. The average Bonchev–Trinajstić information content (AvgIpc) is 2.69. The summed E-state index contributed by atoms with van der Waals surface area (Å²) in [5, 5.41) is 6.47. The van der Waals surface area contributed by atoms with E-state index >= 15 is 0 Å². The van der Waals surface area contributed by atoms with Crippen molar-refractivity contribution in [2.75, 3.05) is 16.4 Å². The molecule has 0 radical (unpaired) electrons. The molecular formula is C12H16N6OS. The first-order chi connectivity index (χ1) is 9.35. The van der Waals surface area contributed by atoms with Crippen molar-refractivity contribution in [3.63, 3.8) is 0 Å². The monoisotopic (exact) mass is 292 g/mol. The Labute approximate surface area is 120 Å². The molecule has 0 saturated carbocycles. The highest BCUT2D eigenvalue weighted by atomic mass is 32.1. The van der Waals surface area contributed by atoms with Gasteiger partial charge in [-0.15, -0.1) is 0 Å². The molecule has 0 spiro atoms. The number of hydrogen-bond donors (Lipinski definition) is 3. The van der Waals surface area contributed by atoms with Gasteiger partial charge in [0.05, 0.1) is 18.1 Å². The van der Waals surface area contributed by atoms with E-state index in [0.29, 0.717) is 15.7 Å². The third-order valence-electron chi connectivity index (χ3n) is 2.16. The number of nitrogens with two attached hydrogens (primary N) is 1. The summed E-state index contributed by atoms with van der Waals surface area (Å²) in [7, 11) is 0. The van der Waals surface area contributed by atoms with Crippen molar-refractivity contribution in [3.8, 4) is 0 Å². The van der Waals surface area contributed by atoms with E-state index in [9.17, 15) is 4.79 Å². The van der Waals surface area contributed by atoms with Crippen LogP contribution < -0.4 is 16.4 Å². The molecule has 2 rings (SSSR count). The first-order valence-electron chi connectivity index (χ1n) is 5.96. The molecule has 0 bridgehead atoms. The zero-order valence-corrected chi connectivity index (χ0v) is 12.3. The van der Waals surface area contributed by atoms with Crippen LogP contribution in [0.4, 0.5) is 16.6 Å². The summed E-state index contributed by atoms with van der Waals surface area (Å²) in [4.78, 5) is 24.3. The molecule has 7 nitrogen and oxygen atoms in total. The van der Waals surface area contributed by atoms with Crippen LogP contribution in [0.3, 0.4) is 0 Å². The van der Waals surface area contributed by atoms with Gasteiger partial charge in [-0.1, -0.05) is 11.3 Å². The average molecular weight is 292 g/mol. The number of aromatic nitrogens is 3. The summed E-state index contributed by atoms with van der Waals surface area (Å²) in [6, 6.07) is 0. The van der Waals surface area contributed by atoms with Gasteiger partial charge in [-0.2, -0.15) is 0 Å². The molecule has 0 aliphatic carbocycles. The topological polar surface area (TPSA) is 106 Å².